The average molecular weight is 434 g/mol. The molecule has 0 aromatic heterocycles. The summed E-state index contributed by atoms with van der Waals surface area (Å²) in [6.45, 7) is 11.7. The standard InChI is InChI=1S/C23H35N3O5/c1-17-8-6-9-19(18(17)2)30-16-21(28)26-13-7-12-25(14-15-26)20(27)10-11-24-22(29)31-23(3,4)5/h6,8-9H,7,10-16H2,1-5H3,(H,24,29). The molecule has 1 saturated heterocycles. The maximum atomic E-state index is 12.6. The van der Waals surface area contributed by atoms with Crippen LogP contribution < -0.4 is 10.1 Å². The Kier molecular flexibility index (Phi) is 8.71. The molecule has 1 aromatic carbocycles. The van der Waals surface area contributed by atoms with E-state index in [9.17, 15) is 14.4 Å². The molecule has 0 aliphatic carbocycles. The van der Waals surface area contributed by atoms with E-state index in [-0.39, 0.29) is 31.4 Å². The number of rotatable bonds is 6. The fourth-order valence-electron chi connectivity index (χ4n) is 3.27. The van der Waals surface area contributed by atoms with Crippen LogP contribution in [0.5, 0.6) is 5.75 Å². The van der Waals surface area contributed by atoms with E-state index in [0.717, 1.165) is 16.9 Å². The Labute approximate surface area is 184 Å². The van der Waals surface area contributed by atoms with E-state index in [0.29, 0.717) is 32.6 Å². The maximum absolute atomic E-state index is 12.6. The third kappa shape index (κ3) is 8.11. The topological polar surface area (TPSA) is 88.2 Å². The van der Waals surface area contributed by atoms with Crippen LogP contribution in [0, 0.1) is 13.8 Å². The number of amides is 3. The zero-order valence-corrected chi connectivity index (χ0v) is 19.3. The Bertz CT molecular complexity index is 788. The summed E-state index contributed by atoms with van der Waals surface area (Å²) >= 11 is 0. The van der Waals surface area contributed by atoms with Crippen molar-refractivity contribution >= 4 is 17.9 Å². The summed E-state index contributed by atoms with van der Waals surface area (Å²) in [7, 11) is 0. The van der Waals surface area contributed by atoms with Crippen molar-refractivity contribution in [1.82, 2.24) is 15.1 Å². The van der Waals surface area contributed by atoms with Crippen LogP contribution >= 0.6 is 0 Å². The highest BCUT2D eigenvalue weighted by Gasteiger charge is 2.23. The molecule has 0 saturated carbocycles. The van der Waals surface area contributed by atoms with Crippen LogP contribution in [-0.4, -0.2) is 72.6 Å². The van der Waals surface area contributed by atoms with Crippen LogP contribution in [0.25, 0.3) is 0 Å². The van der Waals surface area contributed by atoms with Gasteiger partial charge in [0.1, 0.15) is 11.4 Å². The third-order valence-electron chi connectivity index (χ3n) is 5.11. The molecular weight excluding hydrogens is 398 g/mol. The largest absolute Gasteiger partial charge is 0.483 e. The van der Waals surface area contributed by atoms with E-state index >= 15 is 0 Å². The number of nitrogens with one attached hydrogen (secondary N) is 1. The molecule has 3 amide bonds. The molecule has 1 aromatic rings. The SMILES string of the molecule is Cc1cccc(OCC(=O)N2CCCN(C(=O)CCNC(=O)OC(C)(C)C)CC2)c1C. The van der Waals surface area contributed by atoms with Gasteiger partial charge in [0.2, 0.25) is 5.91 Å². The zero-order chi connectivity index (χ0) is 23.0. The van der Waals surface area contributed by atoms with Crippen LogP contribution in [0.15, 0.2) is 18.2 Å². The van der Waals surface area contributed by atoms with Crippen LogP contribution in [0.4, 0.5) is 4.79 Å². The van der Waals surface area contributed by atoms with Gasteiger partial charge in [0, 0.05) is 39.1 Å². The Balaban J connectivity index is 1.75. The molecule has 1 fully saturated rings. The fraction of sp³-hybridized carbons (Fsp3) is 0.609. The lowest BCUT2D eigenvalue weighted by molar-refractivity contribution is -0.134. The van der Waals surface area contributed by atoms with Crippen molar-refractivity contribution < 1.29 is 23.9 Å². The first-order valence-corrected chi connectivity index (χ1v) is 10.8. The van der Waals surface area contributed by atoms with Gasteiger partial charge in [-0.3, -0.25) is 9.59 Å². The molecule has 1 heterocycles. The molecule has 0 spiro atoms. The molecule has 0 unspecified atom stereocenters. The minimum absolute atomic E-state index is 0.0158. The number of ether oxygens (including phenoxy) is 2. The first kappa shape index (κ1) is 24.5. The summed E-state index contributed by atoms with van der Waals surface area (Å²) in [6.07, 6.45) is 0.375. The van der Waals surface area contributed by atoms with E-state index in [1.54, 1.807) is 30.6 Å². The van der Waals surface area contributed by atoms with Crippen LogP contribution in [0.1, 0.15) is 44.7 Å². The van der Waals surface area contributed by atoms with E-state index in [1.165, 1.54) is 0 Å². The molecule has 31 heavy (non-hydrogen) atoms. The number of hydrogen-bond donors (Lipinski definition) is 1. The van der Waals surface area contributed by atoms with Gasteiger partial charge in [-0.2, -0.15) is 0 Å². The summed E-state index contributed by atoms with van der Waals surface area (Å²) in [6, 6.07) is 5.78. The molecule has 2 rings (SSSR count). The van der Waals surface area contributed by atoms with Gasteiger partial charge < -0.3 is 24.6 Å². The summed E-state index contributed by atoms with van der Waals surface area (Å²) in [5.41, 5.74) is 1.58. The van der Waals surface area contributed by atoms with Crippen LogP contribution in [-0.2, 0) is 14.3 Å². The van der Waals surface area contributed by atoms with Gasteiger partial charge >= 0.3 is 6.09 Å². The second kappa shape index (κ2) is 11.0. The highest BCUT2D eigenvalue weighted by Crippen LogP contribution is 2.20. The van der Waals surface area contributed by atoms with Gasteiger partial charge in [0.05, 0.1) is 0 Å². The summed E-state index contributed by atoms with van der Waals surface area (Å²) in [5, 5.41) is 2.60. The van der Waals surface area contributed by atoms with E-state index in [1.807, 2.05) is 32.0 Å². The van der Waals surface area contributed by atoms with Crippen molar-refractivity contribution in [1.29, 1.82) is 0 Å². The van der Waals surface area contributed by atoms with Crippen molar-refractivity contribution in [3.8, 4) is 5.75 Å². The third-order valence-corrected chi connectivity index (χ3v) is 5.11. The molecule has 8 heteroatoms. The highest BCUT2D eigenvalue weighted by atomic mass is 16.6. The van der Waals surface area contributed by atoms with Crippen LogP contribution in [0.3, 0.4) is 0 Å². The summed E-state index contributed by atoms with van der Waals surface area (Å²) in [4.78, 5) is 40.2. The first-order chi connectivity index (χ1) is 14.6. The maximum Gasteiger partial charge on any atom is 0.407 e. The number of alkyl carbamates (subject to hydrolysis) is 1. The number of aryl methyl sites for hydroxylation is 1. The first-order valence-electron chi connectivity index (χ1n) is 10.8. The smallest absolute Gasteiger partial charge is 0.407 e. The predicted octanol–water partition coefficient (Wildman–Crippen LogP) is 2.66. The Morgan fingerprint density at radius 1 is 1.00 bits per heavy atom. The van der Waals surface area contributed by atoms with E-state index in [4.69, 9.17) is 9.47 Å². The number of carbonyl (C=O) groups is 3. The number of nitrogens with zero attached hydrogens (tertiary/aromatic N) is 2. The van der Waals surface area contributed by atoms with Gasteiger partial charge in [-0.15, -0.1) is 0 Å². The molecule has 0 atom stereocenters. The monoisotopic (exact) mass is 433 g/mol. The van der Waals surface area contributed by atoms with Gasteiger partial charge in [-0.05, 0) is 58.2 Å². The average Bonchev–Trinajstić information content (AvgIpc) is 2.94. The number of carbonyl (C=O) groups excluding carboxylic acids is 3. The molecule has 1 aliphatic heterocycles. The van der Waals surface area contributed by atoms with E-state index in [2.05, 4.69) is 5.32 Å². The Morgan fingerprint density at radius 3 is 2.29 bits per heavy atom. The van der Waals surface area contributed by atoms with Crippen molar-refractivity contribution in [2.45, 2.75) is 53.1 Å². The van der Waals surface area contributed by atoms with Gasteiger partial charge in [0.15, 0.2) is 6.61 Å². The molecular formula is C23H35N3O5. The molecule has 172 valence electrons. The zero-order valence-electron chi connectivity index (χ0n) is 19.3. The lowest BCUT2D eigenvalue weighted by atomic mass is 10.1. The van der Waals surface area contributed by atoms with Crippen molar-refractivity contribution in [2.24, 2.45) is 0 Å². The highest BCUT2D eigenvalue weighted by molar-refractivity contribution is 5.79. The van der Waals surface area contributed by atoms with Crippen LogP contribution in [0.2, 0.25) is 0 Å². The second-order valence-corrected chi connectivity index (χ2v) is 8.78. The van der Waals surface area contributed by atoms with Crippen molar-refractivity contribution in [2.75, 3.05) is 39.3 Å². The number of benzene rings is 1. The van der Waals surface area contributed by atoms with E-state index < -0.39 is 11.7 Å². The normalized spacial score (nSPS) is 14.6. The molecule has 1 N–H and O–H groups in total. The Hall–Kier alpha value is -2.77. The summed E-state index contributed by atoms with van der Waals surface area (Å²) < 4.78 is 10.9. The minimum atomic E-state index is -0.573. The lowest BCUT2D eigenvalue weighted by Gasteiger charge is -2.23. The molecule has 8 nitrogen and oxygen atoms in total. The Morgan fingerprint density at radius 2 is 1.65 bits per heavy atom. The molecule has 0 bridgehead atoms. The minimum Gasteiger partial charge on any atom is -0.483 e. The fourth-order valence-corrected chi connectivity index (χ4v) is 3.27. The van der Waals surface area contributed by atoms with Crippen molar-refractivity contribution in [3.63, 3.8) is 0 Å². The van der Waals surface area contributed by atoms with Gasteiger partial charge in [0.25, 0.3) is 5.91 Å². The summed E-state index contributed by atoms with van der Waals surface area (Å²) in [5.74, 6) is 0.594. The predicted molar refractivity (Wildman–Crippen MR) is 118 cm³/mol. The number of hydrogen-bond acceptors (Lipinski definition) is 5. The lowest BCUT2D eigenvalue weighted by Crippen LogP contribution is -2.40. The van der Waals surface area contributed by atoms with Gasteiger partial charge in [-0.1, -0.05) is 12.1 Å². The van der Waals surface area contributed by atoms with Crippen molar-refractivity contribution in [3.05, 3.63) is 29.3 Å². The quantitative estimate of drug-likeness (QED) is 0.745. The molecule has 0 radical (unpaired) electrons. The van der Waals surface area contributed by atoms with Gasteiger partial charge in [-0.25, -0.2) is 4.79 Å². The molecule has 1 aliphatic rings. The second-order valence-electron chi connectivity index (χ2n) is 8.78.